The molecule has 2 N–H and O–H groups in total. The molecule has 38 heavy (non-hydrogen) atoms. The molecule has 0 radical (unpaired) electrons. The van der Waals surface area contributed by atoms with E-state index < -0.39 is 0 Å². The fraction of sp³-hybridized carbons (Fsp3) is 0.308. The van der Waals surface area contributed by atoms with Crippen LogP contribution in [0, 0.1) is 0 Å². The summed E-state index contributed by atoms with van der Waals surface area (Å²) in [6, 6.07) is 8.95. The Balaban J connectivity index is 1.45. The van der Waals surface area contributed by atoms with E-state index in [-0.39, 0.29) is 17.6 Å². The van der Waals surface area contributed by atoms with Gasteiger partial charge in [-0.1, -0.05) is 13.0 Å². The highest BCUT2D eigenvalue weighted by molar-refractivity contribution is 6.02. The van der Waals surface area contributed by atoms with Crippen LogP contribution in [-0.4, -0.2) is 54.9 Å². The third-order valence-electron chi connectivity index (χ3n) is 6.18. The number of nitrogens with zero attached hydrogens (tertiary/aromatic N) is 6. The summed E-state index contributed by atoms with van der Waals surface area (Å²) in [7, 11) is 3.36. The number of nitrogens with one attached hydrogen (secondary N) is 2. The number of hydrogen-bond acceptors (Lipinski definition) is 10. The molecule has 4 heterocycles. The lowest BCUT2D eigenvalue weighted by molar-refractivity contribution is -0.0598. The van der Waals surface area contributed by atoms with E-state index in [1.54, 1.807) is 50.4 Å². The van der Waals surface area contributed by atoms with Gasteiger partial charge < -0.3 is 20.1 Å². The van der Waals surface area contributed by atoms with E-state index in [0.29, 0.717) is 58.7 Å². The molecule has 1 atom stereocenters. The Morgan fingerprint density at radius 1 is 1.18 bits per heavy atom. The Morgan fingerprint density at radius 3 is 2.68 bits per heavy atom. The Hall–Kier alpha value is -4.58. The highest BCUT2D eigenvalue weighted by atomic mass is 16.5. The van der Waals surface area contributed by atoms with Crippen LogP contribution in [0.4, 0.5) is 23.0 Å². The molecule has 0 amide bonds. The first-order chi connectivity index (χ1) is 18.4. The van der Waals surface area contributed by atoms with Gasteiger partial charge in [0.15, 0.2) is 17.4 Å². The van der Waals surface area contributed by atoms with Gasteiger partial charge in [0.1, 0.15) is 18.0 Å². The number of hydrogen-bond donors (Lipinski definition) is 2. The minimum absolute atomic E-state index is 0.0520. The first-order valence-corrected chi connectivity index (χ1v) is 12.2. The first-order valence-electron chi connectivity index (χ1n) is 12.2. The van der Waals surface area contributed by atoms with Gasteiger partial charge in [-0.3, -0.25) is 14.0 Å². The molecule has 1 aliphatic rings. The van der Waals surface area contributed by atoms with Gasteiger partial charge in [-0.2, -0.15) is 10.1 Å². The van der Waals surface area contributed by atoms with Crippen LogP contribution in [-0.2, 0) is 18.3 Å². The van der Waals surface area contributed by atoms with Crippen LogP contribution in [0.3, 0.4) is 0 Å². The van der Waals surface area contributed by atoms with Crippen molar-refractivity contribution in [1.82, 2.24) is 29.3 Å². The molecule has 1 aromatic carbocycles. The fourth-order valence-corrected chi connectivity index (χ4v) is 4.10. The van der Waals surface area contributed by atoms with E-state index in [2.05, 4.69) is 30.7 Å². The first kappa shape index (κ1) is 25.1. The van der Waals surface area contributed by atoms with E-state index in [4.69, 9.17) is 9.47 Å². The lowest BCUT2D eigenvalue weighted by Gasteiger charge is -2.26. The number of ether oxygens (including phenoxy) is 2. The molecule has 4 aromatic rings. The van der Waals surface area contributed by atoms with Crippen LogP contribution < -0.4 is 21.1 Å². The molecule has 12 heteroatoms. The molecule has 196 valence electrons. The number of pyridine rings is 1. The number of Topliss-reactive ketones (excluding diaryl/α,β-unsaturated/α-hetero) is 1. The van der Waals surface area contributed by atoms with Crippen molar-refractivity contribution in [2.45, 2.75) is 32.4 Å². The molecule has 1 aliphatic heterocycles. The van der Waals surface area contributed by atoms with E-state index in [0.717, 1.165) is 13.0 Å². The number of rotatable bonds is 10. The average Bonchev–Trinajstić information content (AvgIpc) is 3.33. The number of aryl methyl sites for hydroxylation is 1. The topological polar surface area (TPSA) is 138 Å². The SMILES string of the molecule is CCC(=O)c1cnc(Nc2ccn(C[C@H]3CCO3)c(=O)n2)cc1Nc1cccc(-c2ncn(C)n2)c1OC. The molecule has 0 aliphatic carbocycles. The van der Waals surface area contributed by atoms with Crippen molar-refractivity contribution in [2.24, 2.45) is 7.05 Å². The molecule has 0 spiro atoms. The normalized spacial score (nSPS) is 14.6. The molecule has 1 fully saturated rings. The predicted octanol–water partition coefficient (Wildman–Crippen LogP) is 3.31. The van der Waals surface area contributed by atoms with E-state index in [9.17, 15) is 9.59 Å². The number of carbonyl (C=O) groups excluding carboxylic acids is 1. The average molecular weight is 517 g/mol. The van der Waals surface area contributed by atoms with E-state index in [1.165, 1.54) is 10.8 Å². The Morgan fingerprint density at radius 2 is 2.03 bits per heavy atom. The maximum Gasteiger partial charge on any atom is 0.349 e. The van der Waals surface area contributed by atoms with Gasteiger partial charge in [0.05, 0.1) is 42.3 Å². The summed E-state index contributed by atoms with van der Waals surface area (Å²) >= 11 is 0. The molecule has 5 rings (SSSR count). The summed E-state index contributed by atoms with van der Waals surface area (Å²) in [5.74, 6) is 1.72. The quantitative estimate of drug-likeness (QED) is 0.302. The Labute approximate surface area is 218 Å². The lowest BCUT2D eigenvalue weighted by atomic mass is 10.1. The van der Waals surface area contributed by atoms with Gasteiger partial charge in [-0.25, -0.2) is 14.8 Å². The highest BCUT2D eigenvalue weighted by Gasteiger charge is 2.20. The van der Waals surface area contributed by atoms with Crippen LogP contribution >= 0.6 is 0 Å². The van der Waals surface area contributed by atoms with Crippen LogP contribution in [0.2, 0.25) is 0 Å². The van der Waals surface area contributed by atoms with Crippen LogP contribution in [0.15, 0.2) is 53.8 Å². The van der Waals surface area contributed by atoms with Crippen molar-refractivity contribution in [3.63, 3.8) is 0 Å². The fourth-order valence-electron chi connectivity index (χ4n) is 4.10. The van der Waals surface area contributed by atoms with Gasteiger partial charge >= 0.3 is 5.69 Å². The number of aromatic nitrogens is 6. The number of methoxy groups -OCH3 is 1. The lowest BCUT2D eigenvalue weighted by Crippen LogP contribution is -2.35. The second kappa shape index (κ2) is 10.8. The van der Waals surface area contributed by atoms with Crippen molar-refractivity contribution in [3.8, 4) is 17.1 Å². The second-order valence-electron chi connectivity index (χ2n) is 8.80. The highest BCUT2D eigenvalue weighted by Crippen LogP contribution is 2.37. The summed E-state index contributed by atoms with van der Waals surface area (Å²) in [6.07, 6.45) is 6.08. The Bertz CT molecular complexity index is 1530. The summed E-state index contributed by atoms with van der Waals surface area (Å²) in [5, 5.41) is 10.8. The van der Waals surface area contributed by atoms with Crippen LogP contribution in [0.1, 0.15) is 30.1 Å². The number of ketones is 1. The van der Waals surface area contributed by atoms with Crippen molar-refractivity contribution >= 4 is 28.8 Å². The largest absolute Gasteiger partial charge is 0.494 e. The molecule has 0 bridgehead atoms. The van der Waals surface area contributed by atoms with Gasteiger partial charge in [-0.05, 0) is 24.6 Å². The number of anilines is 4. The summed E-state index contributed by atoms with van der Waals surface area (Å²) in [4.78, 5) is 38.0. The summed E-state index contributed by atoms with van der Waals surface area (Å²) in [6.45, 7) is 2.99. The van der Waals surface area contributed by atoms with Gasteiger partial charge in [-0.15, -0.1) is 0 Å². The minimum atomic E-state index is -0.383. The van der Waals surface area contributed by atoms with Crippen LogP contribution in [0.5, 0.6) is 5.75 Å². The molecule has 3 aromatic heterocycles. The molecular weight excluding hydrogens is 488 g/mol. The van der Waals surface area contributed by atoms with E-state index in [1.807, 2.05) is 18.2 Å². The summed E-state index contributed by atoms with van der Waals surface area (Å²) < 4.78 is 14.2. The van der Waals surface area contributed by atoms with Gasteiger partial charge in [0.25, 0.3) is 0 Å². The third-order valence-corrected chi connectivity index (χ3v) is 6.18. The van der Waals surface area contributed by atoms with Crippen molar-refractivity contribution in [1.29, 1.82) is 0 Å². The van der Waals surface area contributed by atoms with Gasteiger partial charge in [0, 0.05) is 38.5 Å². The molecule has 1 saturated heterocycles. The maximum absolute atomic E-state index is 12.7. The molecule has 0 unspecified atom stereocenters. The molecule has 0 saturated carbocycles. The summed E-state index contributed by atoms with van der Waals surface area (Å²) in [5.41, 5.74) is 1.88. The smallest absolute Gasteiger partial charge is 0.349 e. The van der Waals surface area contributed by atoms with Crippen molar-refractivity contribution in [2.75, 3.05) is 24.4 Å². The number of carbonyl (C=O) groups is 1. The maximum atomic E-state index is 12.7. The predicted molar refractivity (Wildman–Crippen MR) is 141 cm³/mol. The zero-order valence-electron chi connectivity index (χ0n) is 21.3. The monoisotopic (exact) mass is 516 g/mol. The second-order valence-corrected chi connectivity index (χ2v) is 8.80. The Kier molecular flexibility index (Phi) is 7.13. The van der Waals surface area contributed by atoms with E-state index >= 15 is 0 Å². The van der Waals surface area contributed by atoms with Gasteiger partial charge in [0.2, 0.25) is 0 Å². The number of benzene rings is 1. The standard InChI is InChI=1S/C26H28N8O4/c1-4-21(35)18-13-27-23(30-22-8-10-34(26(36)31-22)14-16-9-11-38-16)12-20(18)29-19-7-5-6-17(24(19)37-3)25-28-15-33(2)32-25/h5-8,10,12-13,15-16H,4,9,11,14H2,1-3H3,(H2,27,29,30,31,36)/t16-/m1/s1. The zero-order valence-corrected chi connectivity index (χ0v) is 21.3. The molecular formula is C26H28N8O4. The van der Waals surface area contributed by atoms with Crippen molar-refractivity contribution in [3.05, 3.63) is 65.1 Å². The zero-order chi connectivity index (χ0) is 26.6. The minimum Gasteiger partial charge on any atom is -0.494 e. The molecule has 12 nitrogen and oxygen atoms in total. The van der Waals surface area contributed by atoms with Crippen LogP contribution in [0.25, 0.3) is 11.4 Å². The number of para-hydroxylation sites is 1. The third kappa shape index (κ3) is 5.25. The van der Waals surface area contributed by atoms with Crippen molar-refractivity contribution < 1.29 is 14.3 Å².